The minimum absolute atomic E-state index is 0.0148. The SMILES string of the molecule is CN1CCCCC(=O)N=C1I. The third-order valence-corrected chi connectivity index (χ3v) is 2.73. The monoisotopic (exact) mass is 266 g/mol. The molecule has 1 rings (SSSR count). The van der Waals surface area contributed by atoms with Gasteiger partial charge in [-0.05, 0) is 35.4 Å². The van der Waals surface area contributed by atoms with Gasteiger partial charge in [0.05, 0.1) is 0 Å². The van der Waals surface area contributed by atoms with E-state index >= 15 is 0 Å². The van der Waals surface area contributed by atoms with Crippen LogP contribution >= 0.6 is 22.6 Å². The largest absolute Gasteiger partial charge is 0.355 e. The highest BCUT2D eigenvalue weighted by atomic mass is 127. The second kappa shape index (κ2) is 4.04. The standard InChI is InChI=1S/C7H11IN2O/c1-10-5-3-2-4-6(11)9-7(10)8/h2-5H2,1H3. The minimum atomic E-state index is 0.0148. The number of hydrogen-bond acceptors (Lipinski definition) is 2. The average molecular weight is 266 g/mol. The highest BCUT2D eigenvalue weighted by molar-refractivity contribution is 14.1. The Morgan fingerprint density at radius 1 is 1.55 bits per heavy atom. The lowest BCUT2D eigenvalue weighted by Crippen LogP contribution is -2.25. The zero-order valence-corrected chi connectivity index (χ0v) is 8.67. The number of nitrogens with zero attached hydrogens (tertiary/aromatic N) is 2. The number of rotatable bonds is 0. The Hall–Kier alpha value is -0.130. The second-order valence-corrected chi connectivity index (χ2v) is 3.62. The lowest BCUT2D eigenvalue weighted by molar-refractivity contribution is -0.118. The summed E-state index contributed by atoms with van der Waals surface area (Å²) in [5, 5.41) is 0. The van der Waals surface area contributed by atoms with Crippen molar-refractivity contribution >= 4 is 32.3 Å². The summed E-state index contributed by atoms with van der Waals surface area (Å²) in [4.78, 5) is 16.9. The van der Waals surface area contributed by atoms with Gasteiger partial charge >= 0.3 is 0 Å². The van der Waals surface area contributed by atoms with Crippen LogP contribution in [0.4, 0.5) is 0 Å². The van der Waals surface area contributed by atoms with Crippen LogP contribution in [0.5, 0.6) is 0 Å². The first-order valence-electron chi connectivity index (χ1n) is 3.68. The Labute approximate surface area is 80.0 Å². The van der Waals surface area contributed by atoms with Crippen molar-refractivity contribution in [3.05, 3.63) is 0 Å². The lowest BCUT2D eigenvalue weighted by Gasteiger charge is -2.18. The number of aliphatic imine (C=N–C) groups is 1. The van der Waals surface area contributed by atoms with Crippen molar-refractivity contribution < 1.29 is 4.79 Å². The van der Waals surface area contributed by atoms with Crippen molar-refractivity contribution in [3.63, 3.8) is 0 Å². The third-order valence-electron chi connectivity index (χ3n) is 1.67. The van der Waals surface area contributed by atoms with Crippen LogP contribution in [0.1, 0.15) is 19.3 Å². The molecule has 3 nitrogen and oxygen atoms in total. The molecule has 0 saturated heterocycles. The van der Waals surface area contributed by atoms with Crippen molar-refractivity contribution in [2.24, 2.45) is 4.99 Å². The fourth-order valence-corrected chi connectivity index (χ4v) is 1.47. The molecule has 0 atom stereocenters. The summed E-state index contributed by atoms with van der Waals surface area (Å²) in [6.45, 7) is 1.01. The van der Waals surface area contributed by atoms with Crippen LogP contribution in [0.3, 0.4) is 0 Å². The molecule has 0 aromatic carbocycles. The maximum atomic E-state index is 11.0. The summed E-state index contributed by atoms with van der Waals surface area (Å²) >= 11 is 2.10. The Morgan fingerprint density at radius 3 is 3.00 bits per heavy atom. The highest BCUT2D eigenvalue weighted by Gasteiger charge is 2.09. The molecule has 0 bridgehead atoms. The molecule has 4 heteroatoms. The zero-order valence-electron chi connectivity index (χ0n) is 6.51. The quantitative estimate of drug-likeness (QED) is 0.490. The van der Waals surface area contributed by atoms with Gasteiger partial charge < -0.3 is 4.90 Å². The minimum Gasteiger partial charge on any atom is -0.355 e. The first-order valence-corrected chi connectivity index (χ1v) is 4.76. The van der Waals surface area contributed by atoms with Crippen molar-refractivity contribution in [2.75, 3.05) is 13.6 Å². The van der Waals surface area contributed by atoms with Gasteiger partial charge in [0.2, 0.25) is 5.91 Å². The molecule has 0 spiro atoms. The number of hydrogen-bond donors (Lipinski definition) is 0. The molecule has 0 radical (unpaired) electrons. The van der Waals surface area contributed by atoms with Gasteiger partial charge in [0.25, 0.3) is 0 Å². The smallest absolute Gasteiger partial charge is 0.248 e. The lowest BCUT2D eigenvalue weighted by atomic mass is 10.2. The number of carbonyl (C=O) groups excluding carboxylic acids is 1. The third kappa shape index (κ3) is 2.76. The fourth-order valence-electron chi connectivity index (χ4n) is 0.962. The molecule has 0 fully saturated rings. The van der Waals surface area contributed by atoms with E-state index in [4.69, 9.17) is 0 Å². The van der Waals surface area contributed by atoms with Crippen LogP contribution in [-0.4, -0.2) is 28.2 Å². The first kappa shape index (κ1) is 8.96. The van der Waals surface area contributed by atoms with Gasteiger partial charge in [0, 0.05) is 20.0 Å². The van der Waals surface area contributed by atoms with Gasteiger partial charge in [-0.25, -0.2) is 0 Å². The predicted octanol–water partition coefficient (Wildman–Crippen LogP) is 1.42. The number of amidine groups is 1. The van der Waals surface area contributed by atoms with Gasteiger partial charge in [-0.3, -0.25) is 4.79 Å². The van der Waals surface area contributed by atoms with E-state index in [2.05, 4.69) is 27.6 Å². The Morgan fingerprint density at radius 2 is 2.27 bits per heavy atom. The molecule has 0 aromatic rings. The predicted molar refractivity (Wildman–Crippen MR) is 52.9 cm³/mol. The summed E-state index contributed by atoms with van der Waals surface area (Å²) in [5.74, 6) is 0.0148. The maximum absolute atomic E-state index is 11.0. The summed E-state index contributed by atoms with van der Waals surface area (Å²) in [7, 11) is 1.96. The Kier molecular flexibility index (Phi) is 3.29. The Balaban J connectivity index is 2.67. The normalized spacial score (nSPS) is 20.7. The second-order valence-electron chi connectivity index (χ2n) is 2.65. The Bertz CT molecular complexity index is 191. The van der Waals surface area contributed by atoms with Gasteiger partial charge in [0.1, 0.15) is 0 Å². The molecular weight excluding hydrogens is 255 g/mol. The van der Waals surface area contributed by atoms with Crippen molar-refractivity contribution in [1.82, 2.24) is 4.90 Å². The van der Waals surface area contributed by atoms with Gasteiger partial charge in [-0.1, -0.05) is 0 Å². The molecule has 0 aromatic heterocycles. The van der Waals surface area contributed by atoms with Crippen molar-refractivity contribution in [2.45, 2.75) is 19.3 Å². The highest BCUT2D eigenvalue weighted by Crippen LogP contribution is 2.08. The van der Waals surface area contributed by atoms with Gasteiger partial charge in [-0.2, -0.15) is 4.99 Å². The molecule has 0 unspecified atom stereocenters. The molecule has 11 heavy (non-hydrogen) atoms. The van der Waals surface area contributed by atoms with E-state index in [-0.39, 0.29) is 5.91 Å². The van der Waals surface area contributed by atoms with Crippen LogP contribution in [0.2, 0.25) is 0 Å². The molecule has 1 heterocycles. The van der Waals surface area contributed by atoms with E-state index in [1.807, 2.05) is 11.9 Å². The molecule has 1 amide bonds. The van der Waals surface area contributed by atoms with Gasteiger partial charge in [-0.15, -0.1) is 0 Å². The van der Waals surface area contributed by atoms with Crippen LogP contribution in [0.15, 0.2) is 4.99 Å². The van der Waals surface area contributed by atoms with Crippen LogP contribution in [-0.2, 0) is 4.79 Å². The van der Waals surface area contributed by atoms with E-state index in [9.17, 15) is 4.79 Å². The maximum Gasteiger partial charge on any atom is 0.248 e. The summed E-state index contributed by atoms with van der Waals surface area (Å²) < 4.78 is 0.812. The van der Waals surface area contributed by atoms with Crippen LogP contribution in [0, 0.1) is 0 Å². The molecule has 1 aliphatic heterocycles. The molecule has 0 N–H and O–H groups in total. The summed E-state index contributed by atoms with van der Waals surface area (Å²) in [6.07, 6.45) is 2.67. The molecule has 0 saturated carbocycles. The van der Waals surface area contributed by atoms with Crippen molar-refractivity contribution in [3.8, 4) is 0 Å². The van der Waals surface area contributed by atoms with E-state index in [1.165, 1.54) is 0 Å². The van der Waals surface area contributed by atoms with E-state index in [0.29, 0.717) is 6.42 Å². The number of carbonyl (C=O) groups is 1. The van der Waals surface area contributed by atoms with E-state index in [0.717, 1.165) is 23.2 Å². The molecule has 62 valence electrons. The first-order chi connectivity index (χ1) is 5.20. The van der Waals surface area contributed by atoms with E-state index in [1.54, 1.807) is 0 Å². The van der Waals surface area contributed by atoms with Gasteiger partial charge in [0.15, 0.2) is 3.84 Å². The topological polar surface area (TPSA) is 32.7 Å². The number of amides is 1. The van der Waals surface area contributed by atoms with Crippen molar-refractivity contribution in [1.29, 1.82) is 0 Å². The molecule has 0 aliphatic carbocycles. The van der Waals surface area contributed by atoms with E-state index < -0.39 is 0 Å². The molecular formula is C7H11IN2O. The summed E-state index contributed by atoms with van der Waals surface area (Å²) in [6, 6.07) is 0. The molecule has 1 aliphatic rings. The summed E-state index contributed by atoms with van der Waals surface area (Å²) in [5.41, 5.74) is 0. The van der Waals surface area contributed by atoms with Crippen LogP contribution in [0.25, 0.3) is 0 Å². The average Bonchev–Trinajstić information content (AvgIpc) is 1.95. The number of halogens is 1. The zero-order chi connectivity index (χ0) is 8.27. The van der Waals surface area contributed by atoms with Crippen LogP contribution < -0.4 is 0 Å². The fraction of sp³-hybridized carbons (Fsp3) is 0.714.